The average Bonchev–Trinajstić information content (AvgIpc) is 2.54. The second-order valence-electron chi connectivity index (χ2n) is 4.96. The highest BCUT2D eigenvalue weighted by atomic mass is 16.7. The number of hydroxylamine groups is 1. The zero-order valence-electron chi connectivity index (χ0n) is 13.4. The highest BCUT2D eigenvalue weighted by Gasteiger charge is 2.15. The third kappa shape index (κ3) is 3.90. The Labute approximate surface area is 137 Å². The van der Waals surface area contributed by atoms with Crippen LogP contribution in [0.25, 0.3) is 11.0 Å². The lowest BCUT2D eigenvalue weighted by Crippen LogP contribution is -2.30. The fourth-order valence-electron chi connectivity index (χ4n) is 2.26. The lowest BCUT2D eigenvalue weighted by atomic mass is 10.1. The zero-order chi connectivity index (χ0) is 17.7. The topological polar surface area (TPSA) is 109 Å². The first-order valence-electron chi connectivity index (χ1n) is 7.43. The smallest absolute Gasteiger partial charge is 0.349 e. The number of carboxylic acid groups (broad SMARTS) is 1. The summed E-state index contributed by atoms with van der Waals surface area (Å²) in [5.41, 5.74) is 2.09. The summed E-state index contributed by atoms with van der Waals surface area (Å²) >= 11 is 0. The van der Waals surface area contributed by atoms with E-state index in [0.717, 1.165) is 18.8 Å². The van der Waals surface area contributed by atoms with Crippen molar-refractivity contribution >= 4 is 28.5 Å². The first-order valence-corrected chi connectivity index (χ1v) is 7.43. The van der Waals surface area contributed by atoms with Crippen molar-refractivity contribution in [3.63, 3.8) is 0 Å². The Hall–Kier alpha value is -2.87. The van der Waals surface area contributed by atoms with E-state index in [1.165, 1.54) is 6.07 Å². The Morgan fingerprint density at radius 3 is 2.58 bits per heavy atom. The fraction of sp³-hybridized carbons (Fsp3) is 0.312. The van der Waals surface area contributed by atoms with Crippen LogP contribution in [0.15, 0.2) is 33.5 Å². The summed E-state index contributed by atoms with van der Waals surface area (Å²) in [5.74, 6) is -2.11. The maximum absolute atomic E-state index is 12.0. The van der Waals surface area contributed by atoms with E-state index in [0.29, 0.717) is 11.0 Å². The van der Waals surface area contributed by atoms with E-state index in [1.807, 2.05) is 25.4 Å². The minimum Gasteiger partial charge on any atom is -0.479 e. The highest BCUT2D eigenvalue weighted by Crippen LogP contribution is 2.21. The van der Waals surface area contributed by atoms with Gasteiger partial charge in [-0.1, -0.05) is 0 Å². The molecule has 2 N–H and O–H groups in total. The van der Waals surface area contributed by atoms with Gasteiger partial charge >= 0.3 is 11.6 Å². The van der Waals surface area contributed by atoms with Crippen LogP contribution in [0.1, 0.15) is 24.2 Å². The van der Waals surface area contributed by atoms with Gasteiger partial charge in [0.1, 0.15) is 11.1 Å². The van der Waals surface area contributed by atoms with Crippen LogP contribution in [0.4, 0.5) is 5.69 Å². The van der Waals surface area contributed by atoms with Crippen LogP contribution >= 0.6 is 0 Å². The molecule has 0 aliphatic carbocycles. The van der Waals surface area contributed by atoms with E-state index in [-0.39, 0.29) is 5.56 Å². The number of nitrogens with zero attached hydrogens (tertiary/aromatic N) is 1. The Kier molecular flexibility index (Phi) is 5.54. The van der Waals surface area contributed by atoms with E-state index >= 15 is 0 Å². The number of hydrogen-bond acceptors (Lipinski definition) is 6. The number of nitrogens with one attached hydrogen (secondary N) is 1. The van der Waals surface area contributed by atoms with Crippen LogP contribution in [0.3, 0.4) is 0 Å². The van der Waals surface area contributed by atoms with Gasteiger partial charge < -0.3 is 14.4 Å². The van der Waals surface area contributed by atoms with E-state index in [4.69, 9.17) is 9.52 Å². The van der Waals surface area contributed by atoms with Crippen LogP contribution in [0.2, 0.25) is 0 Å². The SMILES string of the molecule is CCN(CC)c1ccc2cc(C(=O)NOCC(=O)O)c(=O)oc2c1. The molecule has 2 aromatic rings. The first kappa shape index (κ1) is 17.5. The minimum atomic E-state index is -1.25. The number of rotatable bonds is 7. The van der Waals surface area contributed by atoms with Gasteiger partial charge in [-0.25, -0.2) is 15.1 Å². The Bertz CT molecular complexity index is 810. The number of carbonyl (C=O) groups excluding carboxylic acids is 1. The molecule has 0 spiro atoms. The molecular weight excluding hydrogens is 316 g/mol. The number of carbonyl (C=O) groups is 2. The van der Waals surface area contributed by atoms with Crippen molar-refractivity contribution < 1.29 is 24.0 Å². The summed E-state index contributed by atoms with van der Waals surface area (Å²) in [6.45, 7) is 4.96. The summed E-state index contributed by atoms with van der Waals surface area (Å²) in [6.07, 6.45) is 0. The third-order valence-electron chi connectivity index (χ3n) is 3.45. The van der Waals surface area contributed by atoms with Crippen molar-refractivity contribution in [1.82, 2.24) is 5.48 Å². The Morgan fingerprint density at radius 2 is 1.96 bits per heavy atom. The van der Waals surface area contributed by atoms with Gasteiger partial charge in [-0.15, -0.1) is 0 Å². The quantitative estimate of drug-likeness (QED) is 0.581. The molecule has 0 unspecified atom stereocenters. The van der Waals surface area contributed by atoms with Crippen molar-refractivity contribution in [3.05, 3.63) is 40.2 Å². The number of benzene rings is 1. The molecule has 24 heavy (non-hydrogen) atoms. The van der Waals surface area contributed by atoms with Crippen molar-refractivity contribution in [1.29, 1.82) is 0 Å². The van der Waals surface area contributed by atoms with Crippen LogP contribution in [0, 0.1) is 0 Å². The van der Waals surface area contributed by atoms with Gasteiger partial charge in [0.2, 0.25) is 0 Å². The van der Waals surface area contributed by atoms with Gasteiger partial charge in [-0.3, -0.25) is 9.63 Å². The molecule has 8 heteroatoms. The summed E-state index contributed by atoms with van der Waals surface area (Å²) in [6, 6.07) is 6.75. The second-order valence-corrected chi connectivity index (χ2v) is 4.96. The van der Waals surface area contributed by atoms with Gasteiger partial charge in [0.15, 0.2) is 6.61 Å². The van der Waals surface area contributed by atoms with Gasteiger partial charge in [0.25, 0.3) is 5.91 Å². The monoisotopic (exact) mass is 334 g/mol. The van der Waals surface area contributed by atoms with E-state index in [9.17, 15) is 14.4 Å². The summed E-state index contributed by atoms with van der Waals surface area (Å²) in [4.78, 5) is 40.7. The fourth-order valence-corrected chi connectivity index (χ4v) is 2.26. The minimum absolute atomic E-state index is 0.261. The number of anilines is 1. The van der Waals surface area contributed by atoms with Crippen LogP contribution in [0.5, 0.6) is 0 Å². The molecule has 0 aliphatic heterocycles. The number of hydrogen-bond donors (Lipinski definition) is 2. The van der Waals surface area contributed by atoms with Crippen LogP contribution in [-0.2, 0) is 9.63 Å². The predicted molar refractivity (Wildman–Crippen MR) is 87.1 cm³/mol. The first-order chi connectivity index (χ1) is 11.5. The Balaban J connectivity index is 2.30. The Morgan fingerprint density at radius 1 is 1.25 bits per heavy atom. The maximum atomic E-state index is 12.0. The average molecular weight is 334 g/mol. The summed E-state index contributed by atoms with van der Waals surface area (Å²) < 4.78 is 5.21. The van der Waals surface area contributed by atoms with Crippen molar-refractivity contribution in [3.8, 4) is 0 Å². The third-order valence-corrected chi connectivity index (χ3v) is 3.45. The van der Waals surface area contributed by atoms with Gasteiger partial charge in [-0.05, 0) is 32.0 Å². The highest BCUT2D eigenvalue weighted by molar-refractivity contribution is 5.96. The molecule has 0 saturated carbocycles. The predicted octanol–water partition coefficient (Wildman–Crippen LogP) is 1.39. The van der Waals surface area contributed by atoms with Gasteiger partial charge in [-0.2, -0.15) is 0 Å². The second kappa shape index (κ2) is 7.60. The van der Waals surface area contributed by atoms with Gasteiger partial charge in [0.05, 0.1) is 0 Å². The molecule has 0 aliphatic rings. The van der Waals surface area contributed by atoms with E-state index in [2.05, 4.69) is 9.74 Å². The summed E-state index contributed by atoms with van der Waals surface area (Å²) in [5, 5.41) is 9.02. The maximum Gasteiger partial charge on any atom is 0.349 e. The number of carboxylic acids is 1. The molecule has 0 atom stereocenters. The molecule has 128 valence electrons. The molecule has 0 bridgehead atoms. The lowest BCUT2D eigenvalue weighted by molar-refractivity contribution is -0.144. The van der Waals surface area contributed by atoms with Crippen LogP contribution in [-0.4, -0.2) is 36.7 Å². The molecule has 1 heterocycles. The van der Waals surface area contributed by atoms with Crippen molar-refractivity contribution in [2.75, 3.05) is 24.6 Å². The molecule has 2 rings (SSSR count). The molecule has 0 radical (unpaired) electrons. The molecule has 0 fully saturated rings. The number of aliphatic carboxylic acids is 1. The summed E-state index contributed by atoms with van der Waals surface area (Å²) in [7, 11) is 0. The normalized spacial score (nSPS) is 10.6. The lowest BCUT2D eigenvalue weighted by Gasteiger charge is -2.20. The van der Waals surface area contributed by atoms with E-state index in [1.54, 1.807) is 12.1 Å². The molecule has 0 saturated heterocycles. The van der Waals surface area contributed by atoms with Crippen molar-refractivity contribution in [2.45, 2.75) is 13.8 Å². The van der Waals surface area contributed by atoms with Crippen LogP contribution < -0.4 is 16.0 Å². The van der Waals surface area contributed by atoms with Crippen molar-refractivity contribution in [2.24, 2.45) is 0 Å². The molecule has 1 amide bonds. The molecular formula is C16H18N2O6. The van der Waals surface area contributed by atoms with Gasteiger partial charge in [0, 0.05) is 30.2 Å². The number of amides is 1. The standard InChI is InChI=1S/C16H18N2O6/c1-3-18(4-2)11-6-5-10-7-12(16(22)24-13(10)8-11)15(21)17-23-9-14(19)20/h5-8H,3-4,9H2,1-2H3,(H,17,21)(H,19,20). The largest absolute Gasteiger partial charge is 0.479 e. The molecule has 8 nitrogen and oxygen atoms in total. The molecule has 1 aromatic heterocycles. The van der Waals surface area contributed by atoms with E-state index < -0.39 is 24.1 Å². The number of fused-ring (bicyclic) bond motifs is 1. The zero-order valence-corrected chi connectivity index (χ0v) is 13.4. The molecule has 1 aromatic carbocycles.